The summed E-state index contributed by atoms with van der Waals surface area (Å²) in [6, 6.07) is 0. The topological polar surface area (TPSA) is 44.7 Å². The van der Waals surface area contributed by atoms with Crippen molar-refractivity contribution in [2.24, 2.45) is 5.92 Å². The van der Waals surface area contributed by atoms with Crippen LogP contribution in [0.25, 0.3) is 0 Å². The Morgan fingerprint density at radius 2 is 1.42 bits per heavy atom. The van der Waals surface area contributed by atoms with Crippen LogP contribution in [-0.2, 0) is 4.74 Å². The quantitative estimate of drug-likeness (QED) is 0.825. The maximum atomic E-state index is 9.58. The van der Waals surface area contributed by atoms with Gasteiger partial charge in [-0.2, -0.15) is 0 Å². The number of hydrogen-bond acceptors (Lipinski definition) is 4. The van der Waals surface area contributed by atoms with Gasteiger partial charge in [-0.15, -0.1) is 0 Å². The Balaban J connectivity index is 0.000000647. The highest BCUT2D eigenvalue weighted by atomic mass is 16.5. The van der Waals surface area contributed by atoms with Crippen LogP contribution < -0.4 is 5.32 Å². The molecule has 3 rings (SSSR count). The van der Waals surface area contributed by atoms with Gasteiger partial charge in [-0.1, -0.05) is 20.3 Å². The standard InChI is InChI=1S/C17H32N2O2.C3H8/c20-15-7-11-19(12-8-15)13-14-1-3-16(4-2-14)21-17-5-9-18-10-6-17;1-3-2/h14-18,20H,1-13H2;3H2,1-2H3. The molecule has 4 heteroatoms. The van der Waals surface area contributed by atoms with Gasteiger partial charge in [-0.05, 0) is 70.4 Å². The van der Waals surface area contributed by atoms with Crippen molar-refractivity contribution in [3.63, 3.8) is 0 Å². The number of aliphatic hydroxyl groups excluding tert-OH is 1. The molecule has 0 radical (unpaired) electrons. The third kappa shape index (κ3) is 7.38. The molecule has 0 aromatic carbocycles. The summed E-state index contributed by atoms with van der Waals surface area (Å²) in [4.78, 5) is 2.56. The molecule has 0 bridgehead atoms. The largest absolute Gasteiger partial charge is 0.393 e. The molecule has 2 heterocycles. The van der Waals surface area contributed by atoms with E-state index >= 15 is 0 Å². The predicted molar refractivity (Wildman–Crippen MR) is 100 cm³/mol. The molecule has 3 aliphatic rings. The molecule has 2 saturated heterocycles. The minimum Gasteiger partial charge on any atom is -0.393 e. The highest BCUT2D eigenvalue weighted by Crippen LogP contribution is 2.29. The van der Waals surface area contributed by atoms with Crippen LogP contribution in [-0.4, -0.2) is 61.0 Å². The Morgan fingerprint density at radius 3 is 2.00 bits per heavy atom. The van der Waals surface area contributed by atoms with Crippen molar-refractivity contribution in [1.82, 2.24) is 10.2 Å². The van der Waals surface area contributed by atoms with Crippen molar-refractivity contribution in [2.75, 3.05) is 32.7 Å². The Labute approximate surface area is 149 Å². The number of hydrogen-bond donors (Lipinski definition) is 2. The monoisotopic (exact) mass is 340 g/mol. The van der Waals surface area contributed by atoms with Crippen LogP contribution in [0.4, 0.5) is 0 Å². The van der Waals surface area contributed by atoms with E-state index in [0.717, 1.165) is 44.9 Å². The van der Waals surface area contributed by atoms with Crippen LogP contribution in [0.5, 0.6) is 0 Å². The molecule has 0 spiro atoms. The number of likely N-dealkylation sites (tertiary alicyclic amines) is 1. The fraction of sp³-hybridized carbons (Fsp3) is 1.00. The molecule has 2 aliphatic heterocycles. The molecule has 0 aromatic heterocycles. The third-order valence-corrected chi connectivity index (χ3v) is 5.54. The van der Waals surface area contributed by atoms with E-state index in [4.69, 9.17) is 4.74 Å². The van der Waals surface area contributed by atoms with E-state index in [2.05, 4.69) is 24.1 Å². The molecule has 0 atom stereocenters. The second-order valence-electron chi connectivity index (χ2n) is 7.97. The van der Waals surface area contributed by atoms with Crippen LogP contribution in [0.15, 0.2) is 0 Å². The lowest BCUT2D eigenvalue weighted by atomic mass is 9.86. The van der Waals surface area contributed by atoms with Gasteiger partial charge >= 0.3 is 0 Å². The Hall–Kier alpha value is -0.160. The van der Waals surface area contributed by atoms with E-state index in [1.807, 2.05) is 0 Å². The Morgan fingerprint density at radius 1 is 0.875 bits per heavy atom. The maximum Gasteiger partial charge on any atom is 0.0603 e. The number of piperidine rings is 2. The van der Waals surface area contributed by atoms with Gasteiger partial charge in [-0.3, -0.25) is 0 Å². The molecular weight excluding hydrogens is 300 g/mol. The van der Waals surface area contributed by atoms with Gasteiger partial charge in [0, 0.05) is 19.6 Å². The first-order valence-electron chi connectivity index (χ1n) is 10.5. The van der Waals surface area contributed by atoms with Gasteiger partial charge < -0.3 is 20.1 Å². The molecular formula is C20H40N2O2. The van der Waals surface area contributed by atoms with Crippen molar-refractivity contribution < 1.29 is 9.84 Å². The zero-order valence-electron chi connectivity index (χ0n) is 16.0. The second kappa shape index (κ2) is 11.5. The van der Waals surface area contributed by atoms with Crippen LogP contribution >= 0.6 is 0 Å². The molecule has 142 valence electrons. The minimum absolute atomic E-state index is 0.0460. The highest BCUT2D eigenvalue weighted by Gasteiger charge is 2.27. The number of aliphatic hydroxyl groups is 1. The minimum atomic E-state index is -0.0460. The van der Waals surface area contributed by atoms with E-state index in [1.165, 1.54) is 51.5 Å². The summed E-state index contributed by atoms with van der Waals surface area (Å²) in [5.74, 6) is 0.855. The molecule has 1 aliphatic carbocycles. The number of rotatable bonds is 4. The van der Waals surface area contributed by atoms with Crippen molar-refractivity contribution in [3.8, 4) is 0 Å². The molecule has 0 unspecified atom stereocenters. The number of ether oxygens (including phenoxy) is 1. The Bertz CT molecular complexity index is 305. The first-order valence-corrected chi connectivity index (χ1v) is 10.5. The van der Waals surface area contributed by atoms with Gasteiger partial charge in [0.2, 0.25) is 0 Å². The summed E-state index contributed by atoms with van der Waals surface area (Å²) < 4.78 is 6.30. The third-order valence-electron chi connectivity index (χ3n) is 5.54. The maximum absolute atomic E-state index is 9.58. The van der Waals surface area contributed by atoms with E-state index < -0.39 is 0 Å². The lowest BCUT2D eigenvalue weighted by molar-refractivity contribution is -0.0504. The Kier molecular flexibility index (Phi) is 9.62. The zero-order chi connectivity index (χ0) is 17.2. The molecule has 2 N–H and O–H groups in total. The fourth-order valence-corrected chi connectivity index (χ4v) is 4.12. The van der Waals surface area contributed by atoms with Gasteiger partial charge in [-0.25, -0.2) is 0 Å². The van der Waals surface area contributed by atoms with Gasteiger partial charge in [0.05, 0.1) is 18.3 Å². The smallest absolute Gasteiger partial charge is 0.0603 e. The van der Waals surface area contributed by atoms with Crippen LogP contribution in [0, 0.1) is 5.92 Å². The van der Waals surface area contributed by atoms with E-state index in [-0.39, 0.29) is 6.10 Å². The summed E-state index contributed by atoms with van der Waals surface area (Å²) in [6.07, 6.45) is 11.7. The fourth-order valence-electron chi connectivity index (χ4n) is 4.12. The molecule has 4 nitrogen and oxygen atoms in total. The average Bonchev–Trinajstić information content (AvgIpc) is 2.60. The molecule has 1 saturated carbocycles. The van der Waals surface area contributed by atoms with Gasteiger partial charge in [0.15, 0.2) is 0 Å². The molecule has 3 fully saturated rings. The summed E-state index contributed by atoms with van der Waals surface area (Å²) in [5, 5.41) is 13.0. The zero-order valence-corrected chi connectivity index (χ0v) is 16.0. The lowest BCUT2D eigenvalue weighted by Gasteiger charge is -2.36. The predicted octanol–water partition coefficient (Wildman–Crippen LogP) is 3.19. The van der Waals surface area contributed by atoms with E-state index in [9.17, 15) is 5.11 Å². The summed E-state index contributed by atoms with van der Waals surface area (Å²) in [7, 11) is 0. The highest BCUT2D eigenvalue weighted by molar-refractivity contribution is 4.80. The first kappa shape index (κ1) is 20.2. The average molecular weight is 341 g/mol. The van der Waals surface area contributed by atoms with Crippen molar-refractivity contribution in [3.05, 3.63) is 0 Å². The van der Waals surface area contributed by atoms with Crippen molar-refractivity contribution >= 4 is 0 Å². The van der Waals surface area contributed by atoms with E-state index in [0.29, 0.717) is 12.2 Å². The van der Waals surface area contributed by atoms with Crippen LogP contribution in [0.3, 0.4) is 0 Å². The summed E-state index contributed by atoms with van der Waals surface area (Å²) in [6.45, 7) is 9.92. The number of nitrogens with zero attached hydrogens (tertiary/aromatic N) is 1. The number of nitrogens with one attached hydrogen (secondary N) is 1. The molecule has 0 amide bonds. The summed E-state index contributed by atoms with van der Waals surface area (Å²) >= 11 is 0. The SMILES string of the molecule is CCC.OC1CCN(CC2CCC(OC3CCNCC3)CC2)CC1. The van der Waals surface area contributed by atoms with Gasteiger partial charge in [0.25, 0.3) is 0 Å². The molecule has 24 heavy (non-hydrogen) atoms. The van der Waals surface area contributed by atoms with Crippen molar-refractivity contribution in [2.45, 2.75) is 89.9 Å². The van der Waals surface area contributed by atoms with Crippen LogP contribution in [0.1, 0.15) is 71.6 Å². The van der Waals surface area contributed by atoms with Crippen LogP contribution in [0.2, 0.25) is 0 Å². The second-order valence-corrected chi connectivity index (χ2v) is 7.97. The lowest BCUT2D eigenvalue weighted by Crippen LogP contribution is -2.40. The van der Waals surface area contributed by atoms with Gasteiger partial charge in [0.1, 0.15) is 0 Å². The summed E-state index contributed by atoms with van der Waals surface area (Å²) in [5.41, 5.74) is 0. The normalized spacial score (nSPS) is 30.6. The first-order chi connectivity index (χ1) is 11.7. The van der Waals surface area contributed by atoms with E-state index in [1.54, 1.807) is 0 Å². The van der Waals surface area contributed by atoms with Crippen molar-refractivity contribution in [1.29, 1.82) is 0 Å². The molecule has 0 aromatic rings.